The molecule has 1 saturated carbocycles. The van der Waals surface area contributed by atoms with E-state index in [0.717, 1.165) is 12.8 Å². The van der Waals surface area contributed by atoms with Gasteiger partial charge in [0.2, 0.25) is 5.76 Å². The van der Waals surface area contributed by atoms with E-state index in [2.05, 4.69) is 22.8 Å². The quantitative estimate of drug-likeness (QED) is 0.593. The zero-order chi connectivity index (χ0) is 18.9. The van der Waals surface area contributed by atoms with Gasteiger partial charge in [0.25, 0.3) is 11.8 Å². The Kier molecular flexibility index (Phi) is 4.66. The molecule has 0 radical (unpaired) electrons. The van der Waals surface area contributed by atoms with Crippen molar-refractivity contribution in [2.24, 2.45) is 5.92 Å². The summed E-state index contributed by atoms with van der Waals surface area (Å²) in [5.41, 5.74) is 1.72. The summed E-state index contributed by atoms with van der Waals surface area (Å²) < 4.78 is 9.51. The van der Waals surface area contributed by atoms with Crippen LogP contribution in [0.2, 0.25) is 0 Å². The van der Waals surface area contributed by atoms with Crippen LogP contribution in [0.25, 0.3) is 0 Å². The summed E-state index contributed by atoms with van der Waals surface area (Å²) in [5.74, 6) is -1.80. The van der Waals surface area contributed by atoms with Gasteiger partial charge < -0.3 is 14.6 Å². The molecule has 0 aromatic carbocycles. The lowest BCUT2D eigenvalue weighted by Crippen LogP contribution is -2.52. The molecule has 3 rings (SSSR count). The SMILES string of the molecule is Cc1cc(C(=O)OCC(=O)NN2C(=O)NC3(CCC(C)CC3)C2=O)on1. The molecule has 1 aliphatic carbocycles. The first kappa shape index (κ1) is 17.9. The number of hydrazine groups is 1. The van der Waals surface area contributed by atoms with Gasteiger partial charge in [-0.1, -0.05) is 12.1 Å². The van der Waals surface area contributed by atoms with Gasteiger partial charge in [-0.15, -0.1) is 0 Å². The van der Waals surface area contributed by atoms with Crippen molar-refractivity contribution in [1.82, 2.24) is 20.9 Å². The Hall–Kier alpha value is -2.91. The molecular weight excluding hydrogens is 344 g/mol. The topological polar surface area (TPSA) is 131 Å². The molecule has 1 aromatic rings. The molecular formula is C16H20N4O6. The second-order valence-corrected chi connectivity index (χ2v) is 6.78. The van der Waals surface area contributed by atoms with Crippen molar-refractivity contribution in [2.75, 3.05) is 6.61 Å². The van der Waals surface area contributed by atoms with E-state index in [0.29, 0.717) is 29.5 Å². The van der Waals surface area contributed by atoms with Gasteiger partial charge in [-0.25, -0.2) is 9.59 Å². The second-order valence-electron chi connectivity index (χ2n) is 6.78. The number of nitrogens with zero attached hydrogens (tertiary/aromatic N) is 2. The van der Waals surface area contributed by atoms with E-state index in [1.807, 2.05) is 0 Å². The van der Waals surface area contributed by atoms with Crippen molar-refractivity contribution in [3.05, 3.63) is 17.5 Å². The number of aryl methyl sites for hydroxylation is 1. The van der Waals surface area contributed by atoms with E-state index in [-0.39, 0.29) is 5.76 Å². The summed E-state index contributed by atoms with van der Waals surface area (Å²) in [4.78, 5) is 48.3. The number of ether oxygens (including phenoxy) is 1. The van der Waals surface area contributed by atoms with E-state index in [1.165, 1.54) is 6.07 Å². The Morgan fingerprint density at radius 2 is 2.12 bits per heavy atom. The Balaban J connectivity index is 1.55. The van der Waals surface area contributed by atoms with Crippen LogP contribution in [-0.2, 0) is 14.3 Å². The van der Waals surface area contributed by atoms with E-state index in [9.17, 15) is 19.2 Å². The van der Waals surface area contributed by atoms with Gasteiger partial charge in [0.1, 0.15) is 5.54 Å². The van der Waals surface area contributed by atoms with Crippen LogP contribution in [0.5, 0.6) is 0 Å². The number of carbonyl (C=O) groups is 4. The lowest BCUT2D eigenvalue weighted by atomic mass is 9.77. The summed E-state index contributed by atoms with van der Waals surface area (Å²) in [6, 6.07) is 0.681. The van der Waals surface area contributed by atoms with Crippen LogP contribution in [0.3, 0.4) is 0 Å². The van der Waals surface area contributed by atoms with Crippen LogP contribution in [0.15, 0.2) is 10.6 Å². The van der Waals surface area contributed by atoms with Crippen molar-refractivity contribution in [3.8, 4) is 0 Å². The zero-order valence-electron chi connectivity index (χ0n) is 14.5. The predicted octanol–water partition coefficient (Wildman–Crippen LogP) is 0.672. The lowest BCUT2D eigenvalue weighted by molar-refractivity contribution is -0.141. The molecule has 4 amide bonds. The van der Waals surface area contributed by atoms with E-state index < -0.39 is 36.0 Å². The van der Waals surface area contributed by atoms with Crippen LogP contribution in [0.1, 0.15) is 48.9 Å². The summed E-state index contributed by atoms with van der Waals surface area (Å²) in [7, 11) is 0. The third-order valence-electron chi connectivity index (χ3n) is 4.69. The van der Waals surface area contributed by atoms with Gasteiger partial charge >= 0.3 is 12.0 Å². The maximum absolute atomic E-state index is 12.6. The molecule has 0 atom stereocenters. The molecule has 10 nitrogen and oxygen atoms in total. The highest BCUT2D eigenvalue weighted by Crippen LogP contribution is 2.35. The number of amides is 4. The average Bonchev–Trinajstić information content (AvgIpc) is 3.13. The molecule has 2 fully saturated rings. The number of hydrogen-bond donors (Lipinski definition) is 2. The van der Waals surface area contributed by atoms with Crippen LogP contribution >= 0.6 is 0 Å². The molecule has 1 aromatic heterocycles. The Bertz CT molecular complexity index is 750. The second kappa shape index (κ2) is 6.77. The third kappa shape index (κ3) is 3.39. The minimum atomic E-state index is -0.953. The standard InChI is InChI=1S/C16H20N4O6/c1-9-3-5-16(6-4-9)14(23)20(15(24)17-16)18-12(21)8-25-13(22)11-7-10(2)19-26-11/h7,9H,3-6,8H2,1-2H3,(H,17,24)(H,18,21). The van der Waals surface area contributed by atoms with E-state index in [4.69, 9.17) is 9.26 Å². The van der Waals surface area contributed by atoms with Crippen molar-refractivity contribution in [3.63, 3.8) is 0 Å². The van der Waals surface area contributed by atoms with Crippen molar-refractivity contribution < 1.29 is 28.4 Å². The number of rotatable bonds is 4. The first-order valence-electron chi connectivity index (χ1n) is 8.37. The molecule has 0 bridgehead atoms. The van der Waals surface area contributed by atoms with Crippen LogP contribution in [0.4, 0.5) is 4.79 Å². The summed E-state index contributed by atoms with van der Waals surface area (Å²) >= 11 is 0. The fraction of sp³-hybridized carbons (Fsp3) is 0.562. The van der Waals surface area contributed by atoms with Crippen molar-refractivity contribution >= 4 is 23.8 Å². The number of carbonyl (C=O) groups excluding carboxylic acids is 4. The highest BCUT2D eigenvalue weighted by Gasteiger charge is 2.52. The smallest absolute Gasteiger partial charge is 0.377 e. The fourth-order valence-corrected chi connectivity index (χ4v) is 3.13. The van der Waals surface area contributed by atoms with Gasteiger partial charge in [-0.05, 0) is 38.5 Å². The Morgan fingerprint density at radius 3 is 2.73 bits per heavy atom. The Labute approximate surface area is 149 Å². The summed E-state index contributed by atoms with van der Waals surface area (Å²) in [6.45, 7) is 3.06. The summed E-state index contributed by atoms with van der Waals surface area (Å²) in [5, 5.41) is 6.88. The fourth-order valence-electron chi connectivity index (χ4n) is 3.13. The summed E-state index contributed by atoms with van der Waals surface area (Å²) in [6.07, 6.45) is 2.71. The number of aromatic nitrogens is 1. The molecule has 10 heteroatoms. The molecule has 2 aliphatic rings. The van der Waals surface area contributed by atoms with Crippen molar-refractivity contribution in [2.45, 2.75) is 45.1 Å². The molecule has 26 heavy (non-hydrogen) atoms. The molecule has 1 spiro atoms. The van der Waals surface area contributed by atoms with Crippen LogP contribution in [0, 0.1) is 12.8 Å². The van der Waals surface area contributed by atoms with Gasteiger partial charge in [0.15, 0.2) is 6.61 Å². The zero-order valence-corrected chi connectivity index (χ0v) is 14.5. The largest absolute Gasteiger partial charge is 0.450 e. The molecule has 2 heterocycles. The first-order chi connectivity index (χ1) is 12.3. The maximum Gasteiger partial charge on any atom is 0.377 e. The van der Waals surface area contributed by atoms with Gasteiger partial charge in [0, 0.05) is 6.07 Å². The molecule has 1 aliphatic heterocycles. The average molecular weight is 364 g/mol. The third-order valence-corrected chi connectivity index (χ3v) is 4.69. The Morgan fingerprint density at radius 1 is 1.42 bits per heavy atom. The normalized spacial score (nSPS) is 25.3. The monoisotopic (exact) mass is 364 g/mol. The molecule has 2 N–H and O–H groups in total. The first-order valence-corrected chi connectivity index (χ1v) is 8.37. The molecule has 1 saturated heterocycles. The number of imide groups is 1. The van der Waals surface area contributed by atoms with Crippen LogP contribution < -0.4 is 10.7 Å². The lowest BCUT2D eigenvalue weighted by Gasteiger charge is -2.33. The number of hydrogen-bond acceptors (Lipinski definition) is 7. The number of nitrogens with one attached hydrogen (secondary N) is 2. The van der Waals surface area contributed by atoms with Crippen LogP contribution in [-0.4, -0.2) is 46.1 Å². The van der Waals surface area contributed by atoms with E-state index >= 15 is 0 Å². The highest BCUT2D eigenvalue weighted by molar-refractivity contribution is 6.08. The highest BCUT2D eigenvalue weighted by atomic mass is 16.6. The number of esters is 1. The number of urea groups is 1. The van der Waals surface area contributed by atoms with E-state index in [1.54, 1.807) is 6.92 Å². The van der Waals surface area contributed by atoms with Gasteiger partial charge in [-0.3, -0.25) is 15.0 Å². The maximum atomic E-state index is 12.6. The molecule has 0 unspecified atom stereocenters. The van der Waals surface area contributed by atoms with Gasteiger partial charge in [0.05, 0.1) is 5.69 Å². The van der Waals surface area contributed by atoms with Crippen molar-refractivity contribution in [1.29, 1.82) is 0 Å². The van der Waals surface area contributed by atoms with Gasteiger partial charge in [-0.2, -0.15) is 5.01 Å². The predicted molar refractivity (Wildman–Crippen MR) is 85.4 cm³/mol. The minimum absolute atomic E-state index is 0.138. The molecule has 140 valence electrons. The minimum Gasteiger partial charge on any atom is -0.450 e.